The molecule has 2 aromatic heterocycles. The number of piperidine rings is 1. The summed E-state index contributed by atoms with van der Waals surface area (Å²) >= 11 is 12.6. The van der Waals surface area contributed by atoms with Crippen molar-refractivity contribution in [2.24, 2.45) is 5.73 Å². The highest BCUT2D eigenvalue weighted by atomic mass is 35.5. The van der Waals surface area contributed by atoms with Gasteiger partial charge in [-0.3, -0.25) is 4.79 Å². The summed E-state index contributed by atoms with van der Waals surface area (Å²) in [6.45, 7) is 1.58. The number of aromatic carboxylic acids is 1. The zero-order valence-electron chi connectivity index (χ0n) is 15.8. The Bertz CT molecular complexity index is 1160. The monoisotopic (exact) mass is 471 g/mol. The summed E-state index contributed by atoms with van der Waals surface area (Å²) in [5.41, 5.74) is 6.33. The van der Waals surface area contributed by atoms with Crippen molar-refractivity contribution in [3.8, 4) is 0 Å². The maximum atomic E-state index is 12.8. The van der Waals surface area contributed by atoms with Gasteiger partial charge in [0.25, 0.3) is 5.56 Å². The summed E-state index contributed by atoms with van der Waals surface area (Å²) in [4.78, 5) is 33.2. The molecule has 1 saturated heterocycles. The first-order chi connectivity index (χ1) is 13.9. The number of aromatic nitrogens is 3. The molecule has 0 radical (unpaired) electrons. The van der Waals surface area contributed by atoms with E-state index in [0.717, 1.165) is 24.9 Å². The SMILES string of the molecule is Cl.N[C@@H]1CCCN(c2nc3c(Cl)c(C(=O)O)[nH]c(=O)c3n2Cc2ccccc2Cl)C1. The number of pyridine rings is 1. The number of benzene rings is 1. The van der Waals surface area contributed by atoms with Gasteiger partial charge in [0, 0.05) is 24.2 Å². The average Bonchev–Trinajstić information content (AvgIpc) is 3.06. The molecule has 3 heterocycles. The van der Waals surface area contributed by atoms with Crippen LogP contribution in [-0.4, -0.2) is 44.7 Å². The number of H-pyrrole nitrogens is 1. The van der Waals surface area contributed by atoms with Crippen LogP contribution in [0.4, 0.5) is 5.95 Å². The van der Waals surface area contributed by atoms with Crippen LogP contribution in [0.2, 0.25) is 10.0 Å². The Hall–Kier alpha value is -2.26. The minimum absolute atomic E-state index is 0. The van der Waals surface area contributed by atoms with Gasteiger partial charge in [0.1, 0.15) is 16.7 Å². The maximum Gasteiger partial charge on any atom is 0.354 e. The highest BCUT2D eigenvalue weighted by Crippen LogP contribution is 2.30. The fourth-order valence-electron chi connectivity index (χ4n) is 3.70. The Balaban J connectivity index is 0.00000256. The molecule has 0 saturated carbocycles. The predicted molar refractivity (Wildman–Crippen MR) is 120 cm³/mol. The van der Waals surface area contributed by atoms with Gasteiger partial charge in [-0.25, -0.2) is 9.78 Å². The zero-order chi connectivity index (χ0) is 20.7. The lowest BCUT2D eigenvalue weighted by atomic mass is 10.1. The second-order valence-electron chi connectivity index (χ2n) is 7.08. The summed E-state index contributed by atoms with van der Waals surface area (Å²) in [6.07, 6.45) is 1.80. The van der Waals surface area contributed by atoms with Crippen molar-refractivity contribution < 1.29 is 9.90 Å². The molecular formula is C19H20Cl3N5O3. The third kappa shape index (κ3) is 4.00. The van der Waals surface area contributed by atoms with Gasteiger partial charge in [0.15, 0.2) is 0 Å². The van der Waals surface area contributed by atoms with Gasteiger partial charge >= 0.3 is 5.97 Å². The van der Waals surface area contributed by atoms with Gasteiger partial charge in [-0.05, 0) is 24.5 Å². The molecule has 8 nitrogen and oxygen atoms in total. The van der Waals surface area contributed by atoms with E-state index in [-0.39, 0.29) is 46.7 Å². The standard InChI is InChI=1S/C19H19Cl2N5O3.ClH/c20-12-6-2-1-4-10(12)8-26-16-14(13(21)15(18(28)29)23-17(16)27)24-19(26)25-7-3-5-11(22)9-25;/h1-2,4,6,11H,3,5,7-9,22H2,(H,23,27)(H,28,29);1H/t11-;/m1./s1. The van der Waals surface area contributed by atoms with E-state index in [0.29, 0.717) is 17.5 Å². The highest BCUT2D eigenvalue weighted by Gasteiger charge is 2.27. The molecule has 1 aliphatic rings. The second kappa shape index (κ2) is 8.85. The van der Waals surface area contributed by atoms with E-state index in [1.807, 2.05) is 23.1 Å². The van der Waals surface area contributed by atoms with Crippen LogP contribution in [0.25, 0.3) is 11.0 Å². The molecule has 0 spiro atoms. The molecule has 160 valence electrons. The number of carboxylic acid groups (broad SMARTS) is 1. The fourth-order valence-corrected chi connectivity index (χ4v) is 4.15. The minimum Gasteiger partial charge on any atom is -0.477 e. The topological polar surface area (TPSA) is 117 Å². The average molecular weight is 473 g/mol. The lowest BCUT2D eigenvalue weighted by Gasteiger charge is -2.32. The Morgan fingerprint density at radius 3 is 2.73 bits per heavy atom. The van der Waals surface area contributed by atoms with E-state index in [2.05, 4.69) is 9.97 Å². The summed E-state index contributed by atoms with van der Waals surface area (Å²) in [5.74, 6) is -0.804. The lowest BCUT2D eigenvalue weighted by Crippen LogP contribution is -2.44. The third-order valence-corrected chi connectivity index (χ3v) is 5.81. The van der Waals surface area contributed by atoms with Crippen LogP contribution in [0, 0.1) is 0 Å². The number of hydrogen-bond donors (Lipinski definition) is 3. The van der Waals surface area contributed by atoms with E-state index < -0.39 is 11.5 Å². The van der Waals surface area contributed by atoms with Crippen molar-refractivity contribution in [2.75, 3.05) is 18.0 Å². The van der Waals surface area contributed by atoms with E-state index in [1.54, 1.807) is 10.6 Å². The van der Waals surface area contributed by atoms with Crippen molar-refractivity contribution in [1.29, 1.82) is 0 Å². The van der Waals surface area contributed by atoms with E-state index in [9.17, 15) is 14.7 Å². The first-order valence-corrected chi connectivity index (χ1v) is 9.91. The Labute approximate surface area is 188 Å². The van der Waals surface area contributed by atoms with E-state index >= 15 is 0 Å². The quantitative estimate of drug-likeness (QED) is 0.537. The summed E-state index contributed by atoms with van der Waals surface area (Å²) in [7, 11) is 0. The largest absolute Gasteiger partial charge is 0.477 e. The van der Waals surface area contributed by atoms with Crippen LogP contribution in [0.15, 0.2) is 29.1 Å². The highest BCUT2D eigenvalue weighted by molar-refractivity contribution is 6.37. The number of fused-ring (bicyclic) bond motifs is 1. The number of imidazole rings is 1. The van der Waals surface area contributed by atoms with Crippen LogP contribution in [0.3, 0.4) is 0 Å². The fraction of sp³-hybridized carbons (Fsp3) is 0.316. The van der Waals surface area contributed by atoms with E-state index in [4.69, 9.17) is 28.9 Å². The van der Waals surface area contributed by atoms with Crippen molar-refractivity contribution in [2.45, 2.75) is 25.4 Å². The van der Waals surface area contributed by atoms with Gasteiger partial charge in [-0.2, -0.15) is 0 Å². The van der Waals surface area contributed by atoms with Crippen LogP contribution in [0.5, 0.6) is 0 Å². The Morgan fingerprint density at radius 2 is 2.07 bits per heavy atom. The summed E-state index contributed by atoms with van der Waals surface area (Å²) in [6, 6.07) is 7.30. The van der Waals surface area contributed by atoms with Crippen LogP contribution < -0.4 is 16.2 Å². The molecule has 4 N–H and O–H groups in total. The number of hydrogen-bond acceptors (Lipinski definition) is 5. The molecule has 0 amide bonds. The number of carboxylic acids is 1. The number of aromatic amines is 1. The molecule has 0 aliphatic carbocycles. The third-order valence-electron chi connectivity index (χ3n) is 5.07. The van der Waals surface area contributed by atoms with Gasteiger partial charge in [0.05, 0.1) is 11.6 Å². The van der Waals surface area contributed by atoms with Gasteiger partial charge in [-0.1, -0.05) is 41.4 Å². The number of carbonyl (C=O) groups is 1. The molecule has 1 aromatic carbocycles. The minimum atomic E-state index is -1.32. The number of nitrogens with zero attached hydrogens (tertiary/aromatic N) is 3. The summed E-state index contributed by atoms with van der Waals surface area (Å²) < 4.78 is 1.73. The first-order valence-electron chi connectivity index (χ1n) is 9.16. The molecule has 0 unspecified atom stereocenters. The molecule has 1 atom stereocenters. The number of anilines is 1. The van der Waals surface area contributed by atoms with Crippen LogP contribution >= 0.6 is 35.6 Å². The molecule has 11 heteroatoms. The maximum absolute atomic E-state index is 12.8. The molecule has 3 aromatic rings. The van der Waals surface area contributed by atoms with Crippen molar-refractivity contribution >= 4 is 58.6 Å². The number of rotatable bonds is 4. The molecule has 1 aliphatic heterocycles. The number of halogens is 3. The first kappa shape index (κ1) is 22.4. The van der Waals surface area contributed by atoms with Gasteiger partial charge < -0.3 is 25.3 Å². The normalized spacial score (nSPS) is 16.5. The number of nitrogens with two attached hydrogens (primary N) is 1. The van der Waals surface area contributed by atoms with Crippen molar-refractivity contribution in [1.82, 2.24) is 14.5 Å². The second-order valence-corrected chi connectivity index (χ2v) is 7.87. The number of nitrogens with one attached hydrogen (secondary N) is 1. The van der Waals surface area contributed by atoms with Crippen molar-refractivity contribution in [3.63, 3.8) is 0 Å². The van der Waals surface area contributed by atoms with Gasteiger partial charge in [0.2, 0.25) is 5.95 Å². The Kier molecular flexibility index (Phi) is 6.62. The Morgan fingerprint density at radius 1 is 1.33 bits per heavy atom. The van der Waals surface area contributed by atoms with Gasteiger partial charge in [-0.15, -0.1) is 12.4 Å². The summed E-state index contributed by atoms with van der Waals surface area (Å²) in [5, 5.41) is 9.80. The molecular weight excluding hydrogens is 453 g/mol. The zero-order valence-corrected chi connectivity index (χ0v) is 18.1. The molecule has 0 bridgehead atoms. The van der Waals surface area contributed by atoms with Crippen LogP contribution in [-0.2, 0) is 6.54 Å². The molecule has 1 fully saturated rings. The smallest absolute Gasteiger partial charge is 0.354 e. The molecule has 4 rings (SSSR count). The lowest BCUT2D eigenvalue weighted by molar-refractivity contribution is 0.0690. The predicted octanol–water partition coefficient (Wildman–Crippen LogP) is 3.13. The van der Waals surface area contributed by atoms with Crippen molar-refractivity contribution in [3.05, 3.63) is 55.9 Å². The molecule has 30 heavy (non-hydrogen) atoms. The van der Waals surface area contributed by atoms with Crippen LogP contribution in [0.1, 0.15) is 28.9 Å². The van der Waals surface area contributed by atoms with E-state index in [1.165, 1.54) is 0 Å².